The van der Waals surface area contributed by atoms with Gasteiger partial charge < -0.3 is 10.6 Å². The van der Waals surface area contributed by atoms with Gasteiger partial charge in [-0.1, -0.05) is 30.3 Å². The number of carbonyl (C=O) groups is 1. The van der Waals surface area contributed by atoms with E-state index in [9.17, 15) is 4.79 Å². The fourth-order valence-corrected chi connectivity index (χ4v) is 2.54. The molecule has 17 heavy (non-hydrogen) atoms. The van der Waals surface area contributed by atoms with Crippen molar-refractivity contribution >= 4 is 5.91 Å². The van der Waals surface area contributed by atoms with E-state index >= 15 is 0 Å². The topological polar surface area (TPSA) is 41.1 Å². The van der Waals surface area contributed by atoms with Gasteiger partial charge >= 0.3 is 0 Å². The Bertz CT molecular complexity index is 364. The van der Waals surface area contributed by atoms with Crippen molar-refractivity contribution in [3.05, 3.63) is 35.9 Å². The average molecular weight is 232 g/mol. The number of hydrogen-bond acceptors (Lipinski definition) is 2. The summed E-state index contributed by atoms with van der Waals surface area (Å²) in [5, 5.41) is 6.25. The lowest BCUT2D eigenvalue weighted by Gasteiger charge is -2.31. The molecule has 0 bridgehead atoms. The summed E-state index contributed by atoms with van der Waals surface area (Å²) >= 11 is 0. The fraction of sp³-hybridized carbons (Fsp3) is 0.500. The molecule has 1 heterocycles. The normalized spacial score (nSPS) is 24.3. The second-order valence-electron chi connectivity index (χ2n) is 4.51. The van der Waals surface area contributed by atoms with Crippen LogP contribution in [0.3, 0.4) is 0 Å². The minimum atomic E-state index is 0.0612. The molecule has 0 spiro atoms. The molecule has 1 aromatic carbocycles. The molecule has 1 aromatic rings. The van der Waals surface area contributed by atoms with Crippen LogP contribution in [-0.4, -0.2) is 25.5 Å². The van der Waals surface area contributed by atoms with Crippen LogP contribution in [0, 0.1) is 5.92 Å². The van der Waals surface area contributed by atoms with E-state index in [0.29, 0.717) is 12.5 Å². The Labute approximate surface area is 103 Å². The van der Waals surface area contributed by atoms with Crippen molar-refractivity contribution in [3.63, 3.8) is 0 Å². The molecule has 0 aliphatic carbocycles. The van der Waals surface area contributed by atoms with Gasteiger partial charge in [-0.3, -0.25) is 4.79 Å². The van der Waals surface area contributed by atoms with Gasteiger partial charge in [0, 0.05) is 13.1 Å². The van der Waals surface area contributed by atoms with Crippen LogP contribution < -0.4 is 10.6 Å². The maximum atomic E-state index is 12.0. The van der Waals surface area contributed by atoms with Gasteiger partial charge in [-0.15, -0.1) is 0 Å². The Balaban J connectivity index is 2.15. The molecule has 1 saturated heterocycles. The number of nitrogens with one attached hydrogen (secondary N) is 2. The van der Waals surface area contributed by atoms with Gasteiger partial charge in [-0.25, -0.2) is 0 Å². The number of rotatable bonds is 3. The molecule has 1 aliphatic heterocycles. The number of piperidine rings is 1. The predicted octanol–water partition coefficient (Wildman–Crippen LogP) is 1.52. The first kappa shape index (κ1) is 12.1. The quantitative estimate of drug-likeness (QED) is 0.829. The molecule has 3 nitrogen and oxygen atoms in total. The first-order valence-corrected chi connectivity index (χ1v) is 6.36. The average Bonchev–Trinajstić information content (AvgIpc) is 2.40. The van der Waals surface area contributed by atoms with Gasteiger partial charge in [-0.05, 0) is 31.4 Å². The van der Waals surface area contributed by atoms with Crippen LogP contribution >= 0.6 is 0 Å². The fourth-order valence-electron chi connectivity index (χ4n) is 2.54. The van der Waals surface area contributed by atoms with Crippen molar-refractivity contribution in [2.24, 2.45) is 5.92 Å². The highest BCUT2D eigenvalue weighted by Gasteiger charge is 2.31. The third-order valence-corrected chi connectivity index (χ3v) is 3.40. The summed E-state index contributed by atoms with van der Waals surface area (Å²) in [7, 11) is 0. The first-order chi connectivity index (χ1) is 8.33. The predicted molar refractivity (Wildman–Crippen MR) is 68.8 cm³/mol. The Morgan fingerprint density at radius 3 is 2.88 bits per heavy atom. The molecule has 2 unspecified atom stereocenters. The maximum absolute atomic E-state index is 12.0. The van der Waals surface area contributed by atoms with Crippen LogP contribution in [0.15, 0.2) is 30.3 Å². The molecule has 1 amide bonds. The van der Waals surface area contributed by atoms with Crippen LogP contribution in [0.4, 0.5) is 0 Å². The van der Waals surface area contributed by atoms with Gasteiger partial charge in [0.2, 0.25) is 5.91 Å². The number of amides is 1. The summed E-state index contributed by atoms with van der Waals surface area (Å²) in [6, 6.07) is 10.4. The Kier molecular flexibility index (Phi) is 4.15. The summed E-state index contributed by atoms with van der Waals surface area (Å²) in [5.41, 5.74) is 1.28. The van der Waals surface area contributed by atoms with E-state index in [1.165, 1.54) is 5.56 Å². The van der Waals surface area contributed by atoms with Crippen molar-refractivity contribution in [1.29, 1.82) is 0 Å². The molecule has 2 atom stereocenters. The Hall–Kier alpha value is -1.35. The zero-order valence-electron chi connectivity index (χ0n) is 10.3. The largest absolute Gasteiger partial charge is 0.356 e. The molecule has 1 fully saturated rings. The number of hydrogen-bond donors (Lipinski definition) is 2. The third kappa shape index (κ3) is 2.86. The van der Waals surface area contributed by atoms with E-state index in [2.05, 4.69) is 22.8 Å². The van der Waals surface area contributed by atoms with E-state index in [4.69, 9.17) is 0 Å². The molecule has 0 saturated carbocycles. The summed E-state index contributed by atoms with van der Waals surface area (Å²) < 4.78 is 0. The molecule has 1 aliphatic rings. The van der Waals surface area contributed by atoms with Gasteiger partial charge in [0.15, 0.2) is 0 Å². The second-order valence-corrected chi connectivity index (χ2v) is 4.51. The van der Waals surface area contributed by atoms with Crippen molar-refractivity contribution in [2.75, 3.05) is 19.6 Å². The minimum Gasteiger partial charge on any atom is -0.356 e. The van der Waals surface area contributed by atoms with Gasteiger partial charge in [0.05, 0.1) is 5.92 Å². The van der Waals surface area contributed by atoms with Crippen LogP contribution in [0.1, 0.15) is 24.8 Å². The number of benzene rings is 1. The summed E-state index contributed by atoms with van der Waals surface area (Å²) in [4.78, 5) is 12.0. The third-order valence-electron chi connectivity index (χ3n) is 3.40. The lowest BCUT2D eigenvalue weighted by Crippen LogP contribution is -2.44. The second kappa shape index (κ2) is 5.82. The lowest BCUT2D eigenvalue weighted by molar-refractivity contribution is -0.126. The summed E-state index contributed by atoms with van der Waals surface area (Å²) in [6.45, 7) is 4.45. The van der Waals surface area contributed by atoms with Crippen LogP contribution in [0.25, 0.3) is 0 Å². The Morgan fingerprint density at radius 1 is 1.41 bits per heavy atom. The molecule has 92 valence electrons. The van der Waals surface area contributed by atoms with E-state index in [-0.39, 0.29) is 11.8 Å². The number of carbonyl (C=O) groups excluding carboxylic acids is 1. The first-order valence-electron chi connectivity index (χ1n) is 6.36. The highest BCUT2D eigenvalue weighted by atomic mass is 16.1. The van der Waals surface area contributed by atoms with Crippen molar-refractivity contribution in [1.82, 2.24) is 10.6 Å². The van der Waals surface area contributed by atoms with E-state index in [0.717, 1.165) is 19.5 Å². The molecular weight excluding hydrogens is 212 g/mol. The van der Waals surface area contributed by atoms with Crippen molar-refractivity contribution in [3.8, 4) is 0 Å². The zero-order chi connectivity index (χ0) is 12.1. The van der Waals surface area contributed by atoms with E-state index in [1.807, 2.05) is 25.1 Å². The van der Waals surface area contributed by atoms with Gasteiger partial charge in [0.25, 0.3) is 0 Å². The molecule has 0 radical (unpaired) electrons. The lowest BCUT2D eigenvalue weighted by atomic mass is 9.80. The summed E-state index contributed by atoms with van der Waals surface area (Å²) in [6.07, 6.45) is 1.03. The minimum absolute atomic E-state index is 0.0612. The van der Waals surface area contributed by atoms with Gasteiger partial charge in [-0.2, -0.15) is 0 Å². The standard InChI is InChI=1S/C14H20N2O/c1-2-16-14(17)13-10-15-9-8-12(13)11-6-4-3-5-7-11/h3-7,12-13,15H,2,8-10H2,1H3,(H,16,17). The molecule has 3 heteroatoms. The SMILES string of the molecule is CCNC(=O)C1CNCCC1c1ccccc1. The molecule has 2 N–H and O–H groups in total. The van der Waals surface area contributed by atoms with E-state index in [1.54, 1.807) is 0 Å². The van der Waals surface area contributed by atoms with Crippen LogP contribution in [-0.2, 0) is 4.79 Å². The molecule has 2 rings (SSSR count). The van der Waals surface area contributed by atoms with Crippen molar-refractivity contribution < 1.29 is 4.79 Å². The smallest absolute Gasteiger partial charge is 0.225 e. The molecule has 0 aromatic heterocycles. The van der Waals surface area contributed by atoms with Crippen molar-refractivity contribution in [2.45, 2.75) is 19.3 Å². The monoisotopic (exact) mass is 232 g/mol. The van der Waals surface area contributed by atoms with Gasteiger partial charge in [0.1, 0.15) is 0 Å². The maximum Gasteiger partial charge on any atom is 0.225 e. The van der Waals surface area contributed by atoms with E-state index < -0.39 is 0 Å². The van der Waals surface area contributed by atoms with Crippen LogP contribution in [0.5, 0.6) is 0 Å². The Morgan fingerprint density at radius 2 is 2.18 bits per heavy atom. The summed E-state index contributed by atoms with van der Waals surface area (Å²) in [5.74, 6) is 0.587. The molecular formula is C14H20N2O. The highest BCUT2D eigenvalue weighted by molar-refractivity contribution is 5.80. The zero-order valence-corrected chi connectivity index (χ0v) is 10.3. The highest BCUT2D eigenvalue weighted by Crippen LogP contribution is 2.30. The van der Waals surface area contributed by atoms with Crippen LogP contribution in [0.2, 0.25) is 0 Å².